The van der Waals surface area contributed by atoms with Crippen LogP contribution in [0.5, 0.6) is 0 Å². The van der Waals surface area contributed by atoms with Gasteiger partial charge in [-0.1, -0.05) is 20.3 Å². The zero-order valence-electron chi connectivity index (χ0n) is 7.91. The summed E-state index contributed by atoms with van der Waals surface area (Å²) in [5, 5.41) is 21.5. The predicted molar refractivity (Wildman–Crippen MR) is 57.6 cm³/mol. The van der Waals surface area contributed by atoms with E-state index in [1.807, 2.05) is 0 Å². The normalized spacial score (nSPS) is 6.20. The number of hydrogen-bond acceptors (Lipinski definition) is 3. The fourth-order valence-electron chi connectivity index (χ4n) is 0. The van der Waals surface area contributed by atoms with Crippen molar-refractivity contribution in [3.63, 3.8) is 0 Å². The van der Waals surface area contributed by atoms with Crippen LogP contribution in [0.2, 0.25) is 0 Å². The molecule has 0 radical (unpaired) electrons. The van der Waals surface area contributed by atoms with Crippen molar-refractivity contribution in [3.05, 3.63) is 0 Å². The Labute approximate surface area is 101 Å². The molecule has 6 nitrogen and oxygen atoms in total. The van der Waals surface area contributed by atoms with Crippen molar-refractivity contribution in [2.24, 2.45) is 0 Å². The standard InChI is InChI=1S/C3H8.3CHClO2/c1-3-2;3*2-1(3)4/h3H2,1-2H3;3*(H,3,4). The highest BCUT2D eigenvalue weighted by molar-refractivity contribution is 6.60. The van der Waals surface area contributed by atoms with Gasteiger partial charge in [0.2, 0.25) is 0 Å². The minimum absolute atomic E-state index is 1.25. The molecule has 0 aromatic carbocycles. The van der Waals surface area contributed by atoms with Gasteiger partial charge < -0.3 is 15.3 Å². The van der Waals surface area contributed by atoms with E-state index in [1.54, 1.807) is 0 Å². The topological polar surface area (TPSA) is 112 Å². The summed E-state index contributed by atoms with van der Waals surface area (Å²) in [5.41, 5.74) is -4.08. The van der Waals surface area contributed by atoms with Gasteiger partial charge in [-0.05, 0) is 0 Å². The van der Waals surface area contributed by atoms with Crippen LogP contribution in [0.1, 0.15) is 20.3 Å². The van der Waals surface area contributed by atoms with E-state index < -0.39 is 16.3 Å². The number of rotatable bonds is 0. The van der Waals surface area contributed by atoms with Crippen LogP contribution in [0.3, 0.4) is 0 Å². The van der Waals surface area contributed by atoms with Gasteiger partial charge in [0.25, 0.3) is 0 Å². The largest absolute Gasteiger partial charge is 0.469 e. The molecule has 0 atom stereocenters. The minimum Gasteiger partial charge on any atom is -0.469 e. The minimum atomic E-state index is -1.36. The first-order chi connectivity index (χ1) is 6.61. The molecule has 0 aliphatic heterocycles. The van der Waals surface area contributed by atoms with Gasteiger partial charge in [0.15, 0.2) is 0 Å². The molecule has 0 fully saturated rings. The van der Waals surface area contributed by atoms with E-state index in [0.29, 0.717) is 0 Å². The van der Waals surface area contributed by atoms with Crippen LogP contribution in [0.15, 0.2) is 0 Å². The molecule has 3 N–H and O–H groups in total. The maximum absolute atomic E-state index is 8.77. The summed E-state index contributed by atoms with van der Waals surface area (Å²) in [6.45, 7) is 4.25. The number of hydrogen-bond donors (Lipinski definition) is 3. The maximum atomic E-state index is 8.77. The van der Waals surface area contributed by atoms with Crippen molar-refractivity contribution < 1.29 is 29.7 Å². The Hall–Kier alpha value is -0.720. The lowest BCUT2D eigenvalue weighted by molar-refractivity contribution is 0.219. The summed E-state index contributed by atoms with van der Waals surface area (Å²) in [5.74, 6) is 0. The lowest BCUT2D eigenvalue weighted by atomic mass is 10.6. The Morgan fingerprint density at radius 2 is 0.800 bits per heavy atom. The van der Waals surface area contributed by atoms with Crippen molar-refractivity contribution in [1.29, 1.82) is 0 Å². The highest BCUT2D eigenvalue weighted by Gasteiger charge is 1.71. The molecule has 0 heterocycles. The molecular formula is C6H11Cl3O6. The van der Waals surface area contributed by atoms with Crippen LogP contribution in [-0.2, 0) is 0 Å². The first-order valence-electron chi connectivity index (χ1n) is 3.26. The summed E-state index contributed by atoms with van der Waals surface area (Å²) in [6, 6.07) is 0. The Bertz CT molecular complexity index is 132. The van der Waals surface area contributed by atoms with Crippen molar-refractivity contribution >= 4 is 51.1 Å². The van der Waals surface area contributed by atoms with Gasteiger partial charge in [-0.15, -0.1) is 0 Å². The summed E-state index contributed by atoms with van der Waals surface area (Å²) in [4.78, 5) is 26.3. The van der Waals surface area contributed by atoms with Gasteiger partial charge in [-0.2, -0.15) is 0 Å². The molecule has 92 valence electrons. The molecule has 0 rings (SSSR count). The average molecular weight is 286 g/mol. The number of carboxylic acid groups (broad SMARTS) is 3. The predicted octanol–water partition coefficient (Wildman–Crippen LogP) is 4.13. The Morgan fingerprint density at radius 1 is 0.800 bits per heavy atom. The van der Waals surface area contributed by atoms with Gasteiger partial charge in [0.1, 0.15) is 0 Å². The van der Waals surface area contributed by atoms with E-state index >= 15 is 0 Å². The first-order valence-corrected chi connectivity index (χ1v) is 4.40. The fourth-order valence-corrected chi connectivity index (χ4v) is 0. The molecule has 0 aliphatic rings. The van der Waals surface area contributed by atoms with Crippen LogP contribution in [0.4, 0.5) is 14.4 Å². The smallest absolute Gasteiger partial charge is 0.401 e. The van der Waals surface area contributed by atoms with E-state index in [9.17, 15) is 0 Å². The van der Waals surface area contributed by atoms with E-state index in [0.717, 1.165) is 0 Å². The third kappa shape index (κ3) is 3260. The second-order valence-corrected chi connectivity index (χ2v) is 2.44. The quantitative estimate of drug-likeness (QED) is 0.577. The second-order valence-electron chi connectivity index (χ2n) is 1.47. The highest BCUT2D eigenvalue weighted by atomic mass is 35.5. The van der Waals surface area contributed by atoms with E-state index in [4.69, 9.17) is 29.7 Å². The molecule has 15 heavy (non-hydrogen) atoms. The van der Waals surface area contributed by atoms with Gasteiger partial charge in [-0.25, -0.2) is 14.4 Å². The SMILES string of the molecule is CCC.O=C(O)Cl.O=C(O)Cl.O=C(O)Cl. The van der Waals surface area contributed by atoms with Crippen LogP contribution >= 0.6 is 34.8 Å². The van der Waals surface area contributed by atoms with E-state index in [1.165, 1.54) is 6.42 Å². The number of halogens is 3. The van der Waals surface area contributed by atoms with Gasteiger partial charge in [-0.3, -0.25) is 0 Å². The third-order valence-electron chi connectivity index (χ3n) is 0. The van der Waals surface area contributed by atoms with E-state index in [2.05, 4.69) is 48.7 Å². The molecule has 0 aromatic rings. The number of carbonyl (C=O) groups is 3. The zero-order chi connectivity index (χ0) is 13.4. The van der Waals surface area contributed by atoms with Gasteiger partial charge >= 0.3 is 16.3 Å². The van der Waals surface area contributed by atoms with Crippen LogP contribution in [0.25, 0.3) is 0 Å². The lowest BCUT2D eigenvalue weighted by Crippen LogP contribution is -1.66. The molecule has 0 aromatic heterocycles. The molecule has 0 bridgehead atoms. The van der Waals surface area contributed by atoms with Crippen LogP contribution < -0.4 is 0 Å². The summed E-state index contributed by atoms with van der Waals surface area (Å²) in [7, 11) is 0. The third-order valence-corrected chi connectivity index (χ3v) is 0. The molecule has 0 saturated heterocycles. The second kappa shape index (κ2) is 23.3. The Morgan fingerprint density at radius 3 is 0.800 bits per heavy atom. The van der Waals surface area contributed by atoms with E-state index in [-0.39, 0.29) is 0 Å². The summed E-state index contributed by atoms with van der Waals surface area (Å²) >= 11 is 12.6. The summed E-state index contributed by atoms with van der Waals surface area (Å²) < 4.78 is 0. The van der Waals surface area contributed by atoms with Crippen molar-refractivity contribution in [3.8, 4) is 0 Å². The van der Waals surface area contributed by atoms with Crippen molar-refractivity contribution in [2.75, 3.05) is 0 Å². The van der Waals surface area contributed by atoms with Gasteiger partial charge in [0.05, 0.1) is 0 Å². The Kier molecular flexibility index (Phi) is 36.9. The maximum Gasteiger partial charge on any atom is 0.401 e. The van der Waals surface area contributed by atoms with Crippen LogP contribution in [0, 0.1) is 0 Å². The molecule has 0 unspecified atom stereocenters. The van der Waals surface area contributed by atoms with Gasteiger partial charge in [0, 0.05) is 34.8 Å². The molecule has 0 amide bonds. The monoisotopic (exact) mass is 284 g/mol. The zero-order valence-corrected chi connectivity index (χ0v) is 10.2. The summed E-state index contributed by atoms with van der Waals surface area (Å²) in [6.07, 6.45) is 1.25. The fraction of sp³-hybridized carbons (Fsp3) is 0.500. The average Bonchev–Trinajstić information content (AvgIpc) is 1.81. The molecule has 9 heteroatoms. The lowest BCUT2D eigenvalue weighted by Gasteiger charge is -1.55. The first kappa shape index (κ1) is 23.8. The molecule has 0 aliphatic carbocycles. The molecular weight excluding hydrogens is 274 g/mol. The van der Waals surface area contributed by atoms with Crippen molar-refractivity contribution in [1.82, 2.24) is 0 Å². The molecule has 0 saturated carbocycles. The van der Waals surface area contributed by atoms with Crippen LogP contribution in [-0.4, -0.2) is 31.6 Å². The molecule has 0 spiro atoms. The highest BCUT2D eigenvalue weighted by Crippen LogP contribution is 1.68. The van der Waals surface area contributed by atoms with Crippen molar-refractivity contribution in [2.45, 2.75) is 20.3 Å². The Balaban J connectivity index is -0.0000000542.